The molecule has 2 atom stereocenters. The Morgan fingerprint density at radius 1 is 1.69 bits per heavy atom. The predicted octanol–water partition coefficient (Wildman–Crippen LogP) is 2.54. The molecule has 2 unspecified atom stereocenters. The van der Waals surface area contributed by atoms with Crippen LogP contribution in [0.25, 0.3) is 0 Å². The molecular weight excluding hydrogens is 164 g/mol. The Balaban J connectivity index is 2.25. The Morgan fingerprint density at radius 2 is 2.46 bits per heavy atom. The fourth-order valence-electron chi connectivity index (χ4n) is 1.36. The van der Waals surface area contributed by atoms with Crippen molar-refractivity contribution in [2.45, 2.75) is 33.1 Å². The molecule has 0 radical (unpaired) electrons. The Labute approximate surface area is 80.0 Å². The first-order valence-corrected chi connectivity index (χ1v) is 5.07. The van der Waals surface area contributed by atoms with Crippen molar-refractivity contribution < 1.29 is 9.53 Å². The highest BCUT2D eigenvalue weighted by Gasteiger charge is 2.24. The molecule has 0 saturated carbocycles. The standard InChI is InChI=1S/C11H18O2/c1-3-9(2)5-4-6-10-7-8-13-11(10)12/h4-5,9-10H,3,6-8H2,1-2H3. The Kier molecular flexibility index (Phi) is 4.00. The molecule has 1 rings (SSSR count). The largest absolute Gasteiger partial charge is 0.465 e. The van der Waals surface area contributed by atoms with E-state index in [4.69, 9.17) is 4.74 Å². The molecule has 2 nitrogen and oxygen atoms in total. The number of carbonyl (C=O) groups is 1. The molecule has 0 aromatic carbocycles. The summed E-state index contributed by atoms with van der Waals surface area (Å²) in [6.45, 7) is 4.96. The maximum atomic E-state index is 11.1. The lowest BCUT2D eigenvalue weighted by Crippen LogP contribution is -2.05. The summed E-state index contributed by atoms with van der Waals surface area (Å²) in [4.78, 5) is 11.1. The zero-order valence-electron chi connectivity index (χ0n) is 8.45. The van der Waals surface area contributed by atoms with Crippen molar-refractivity contribution in [1.29, 1.82) is 0 Å². The van der Waals surface area contributed by atoms with Crippen molar-refractivity contribution in [1.82, 2.24) is 0 Å². The van der Waals surface area contributed by atoms with Gasteiger partial charge in [-0.2, -0.15) is 0 Å². The van der Waals surface area contributed by atoms with Crippen LogP contribution in [0.1, 0.15) is 33.1 Å². The minimum atomic E-state index is -0.0196. The fraction of sp³-hybridized carbons (Fsp3) is 0.727. The highest BCUT2D eigenvalue weighted by Crippen LogP contribution is 2.18. The van der Waals surface area contributed by atoms with Crippen LogP contribution in [0.2, 0.25) is 0 Å². The van der Waals surface area contributed by atoms with Crippen LogP contribution in [0.3, 0.4) is 0 Å². The molecule has 1 saturated heterocycles. The summed E-state index contributed by atoms with van der Waals surface area (Å²) in [7, 11) is 0. The number of ether oxygens (including phenoxy) is 1. The number of esters is 1. The highest BCUT2D eigenvalue weighted by molar-refractivity contribution is 5.74. The van der Waals surface area contributed by atoms with Gasteiger partial charge in [-0.05, 0) is 18.8 Å². The minimum Gasteiger partial charge on any atom is -0.465 e. The molecule has 0 aliphatic carbocycles. The van der Waals surface area contributed by atoms with E-state index in [1.165, 1.54) is 0 Å². The van der Waals surface area contributed by atoms with E-state index in [1.54, 1.807) is 0 Å². The summed E-state index contributed by atoms with van der Waals surface area (Å²) in [6, 6.07) is 0. The van der Waals surface area contributed by atoms with E-state index < -0.39 is 0 Å². The average Bonchev–Trinajstić information content (AvgIpc) is 2.52. The SMILES string of the molecule is CCC(C)C=CCC1CCOC1=O. The maximum absolute atomic E-state index is 11.1. The molecule has 0 amide bonds. The van der Waals surface area contributed by atoms with Crippen molar-refractivity contribution in [2.75, 3.05) is 6.61 Å². The molecule has 0 aromatic heterocycles. The van der Waals surface area contributed by atoms with Gasteiger partial charge in [0, 0.05) is 0 Å². The second-order valence-electron chi connectivity index (χ2n) is 3.70. The number of rotatable bonds is 4. The molecule has 0 N–H and O–H groups in total. The number of allylic oxidation sites excluding steroid dienone is 2. The molecule has 0 spiro atoms. The Hall–Kier alpha value is -0.790. The van der Waals surface area contributed by atoms with Crippen LogP contribution in [0.4, 0.5) is 0 Å². The molecular formula is C11H18O2. The van der Waals surface area contributed by atoms with Crippen LogP contribution in [0, 0.1) is 11.8 Å². The predicted molar refractivity (Wildman–Crippen MR) is 52.3 cm³/mol. The van der Waals surface area contributed by atoms with Gasteiger partial charge in [0.1, 0.15) is 0 Å². The topological polar surface area (TPSA) is 26.3 Å². The van der Waals surface area contributed by atoms with Gasteiger partial charge in [0.15, 0.2) is 0 Å². The molecule has 1 aliphatic rings. The van der Waals surface area contributed by atoms with E-state index in [0.29, 0.717) is 12.5 Å². The van der Waals surface area contributed by atoms with Gasteiger partial charge < -0.3 is 4.74 Å². The van der Waals surface area contributed by atoms with Crippen LogP contribution in [-0.2, 0) is 9.53 Å². The Bertz CT molecular complexity index is 196. The van der Waals surface area contributed by atoms with Gasteiger partial charge in [-0.25, -0.2) is 0 Å². The van der Waals surface area contributed by atoms with Crippen LogP contribution in [0.5, 0.6) is 0 Å². The number of cyclic esters (lactones) is 1. The zero-order chi connectivity index (χ0) is 9.68. The third-order valence-corrected chi connectivity index (χ3v) is 2.57. The first-order chi connectivity index (χ1) is 6.24. The van der Waals surface area contributed by atoms with Crippen LogP contribution in [0.15, 0.2) is 12.2 Å². The van der Waals surface area contributed by atoms with Gasteiger partial charge >= 0.3 is 5.97 Å². The highest BCUT2D eigenvalue weighted by atomic mass is 16.5. The summed E-state index contributed by atoms with van der Waals surface area (Å²) < 4.78 is 4.88. The van der Waals surface area contributed by atoms with Crippen LogP contribution >= 0.6 is 0 Å². The zero-order valence-corrected chi connectivity index (χ0v) is 8.45. The fourth-order valence-corrected chi connectivity index (χ4v) is 1.36. The lowest BCUT2D eigenvalue weighted by molar-refractivity contribution is -0.141. The normalized spacial score (nSPS) is 25.1. The van der Waals surface area contributed by atoms with Crippen LogP contribution in [-0.4, -0.2) is 12.6 Å². The van der Waals surface area contributed by atoms with E-state index >= 15 is 0 Å². The summed E-state index contributed by atoms with van der Waals surface area (Å²) in [5.41, 5.74) is 0. The number of carbonyl (C=O) groups excluding carboxylic acids is 1. The minimum absolute atomic E-state index is 0.0196. The summed E-state index contributed by atoms with van der Waals surface area (Å²) in [5, 5.41) is 0. The lowest BCUT2D eigenvalue weighted by atomic mass is 10.0. The monoisotopic (exact) mass is 182 g/mol. The van der Waals surface area contributed by atoms with E-state index in [9.17, 15) is 4.79 Å². The number of hydrogen-bond acceptors (Lipinski definition) is 2. The van der Waals surface area contributed by atoms with Crippen molar-refractivity contribution in [3.05, 3.63) is 12.2 Å². The first kappa shape index (κ1) is 10.3. The van der Waals surface area contributed by atoms with Crippen LogP contribution < -0.4 is 0 Å². The third kappa shape index (κ3) is 3.21. The van der Waals surface area contributed by atoms with Gasteiger partial charge in [-0.15, -0.1) is 0 Å². The second kappa shape index (κ2) is 5.05. The smallest absolute Gasteiger partial charge is 0.309 e. The van der Waals surface area contributed by atoms with Crippen molar-refractivity contribution in [2.24, 2.45) is 11.8 Å². The molecule has 0 bridgehead atoms. The van der Waals surface area contributed by atoms with E-state index in [1.807, 2.05) is 0 Å². The van der Waals surface area contributed by atoms with Crippen molar-refractivity contribution in [3.63, 3.8) is 0 Å². The number of hydrogen-bond donors (Lipinski definition) is 0. The molecule has 1 fully saturated rings. The summed E-state index contributed by atoms with van der Waals surface area (Å²) in [5.74, 6) is 0.728. The van der Waals surface area contributed by atoms with Gasteiger partial charge in [0.25, 0.3) is 0 Å². The summed E-state index contributed by atoms with van der Waals surface area (Å²) >= 11 is 0. The average molecular weight is 182 g/mol. The van der Waals surface area contributed by atoms with E-state index in [-0.39, 0.29) is 11.9 Å². The van der Waals surface area contributed by atoms with E-state index in [2.05, 4.69) is 26.0 Å². The van der Waals surface area contributed by atoms with Gasteiger partial charge in [-0.3, -0.25) is 4.79 Å². The second-order valence-corrected chi connectivity index (χ2v) is 3.70. The van der Waals surface area contributed by atoms with Crippen molar-refractivity contribution in [3.8, 4) is 0 Å². The molecule has 0 aromatic rings. The van der Waals surface area contributed by atoms with E-state index in [0.717, 1.165) is 19.3 Å². The summed E-state index contributed by atoms with van der Waals surface area (Å²) in [6.07, 6.45) is 7.20. The molecule has 1 heterocycles. The Morgan fingerprint density at radius 3 is 3.00 bits per heavy atom. The van der Waals surface area contributed by atoms with Crippen molar-refractivity contribution >= 4 is 5.97 Å². The lowest BCUT2D eigenvalue weighted by Gasteiger charge is -2.02. The first-order valence-electron chi connectivity index (χ1n) is 5.07. The quantitative estimate of drug-likeness (QED) is 0.493. The molecule has 74 valence electrons. The maximum Gasteiger partial charge on any atom is 0.309 e. The molecule has 1 aliphatic heterocycles. The van der Waals surface area contributed by atoms with Gasteiger partial charge in [-0.1, -0.05) is 32.4 Å². The van der Waals surface area contributed by atoms with Gasteiger partial charge in [0.05, 0.1) is 12.5 Å². The molecule has 2 heteroatoms. The van der Waals surface area contributed by atoms with Gasteiger partial charge in [0.2, 0.25) is 0 Å². The third-order valence-electron chi connectivity index (χ3n) is 2.57. The molecule has 13 heavy (non-hydrogen) atoms.